The molecule has 3 rings (SSSR count). The number of nitrogens with zero attached hydrogens (tertiary/aromatic N) is 3. The van der Waals surface area contributed by atoms with Gasteiger partial charge in [0, 0.05) is 36.5 Å². The molecule has 0 fully saturated rings. The maximum absolute atomic E-state index is 10.6. The third-order valence-electron chi connectivity index (χ3n) is 3.38. The molecule has 0 saturated heterocycles. The second kappa shape index (κ2) is 6.74. The van der Waals surface area contributed by atoms with Crippen LogP contribution in [0.4, 0.5) is 11.4 Å². The molecule has 1 N–H and O–H groups in total. The molecule has 0 aliphatic carbocycles. The number of nitro benzene ring substituents is 1. The van der Waals surface area contributed by atoms with Gasteiger partial charge in [0.1, 0.15) is 0 Å². The van der Waals surface area contributed by atoms with Gasteiger partial charge in [-0.2, -0.15) is 0 Å². The molecule has 0 spiro atoms. The lowest BCUT2D eigenvalue weighted by atomic mass is 10.2. The summed E-state index contributed by atoms with van der Waals surface area (Å²) in [6.07, 6.45) is 3.42. The molecule has 0 aliphatic rings. The Labute approximate surface area is 137 Å². The van der Waals surface area contributed by atoms with Gasteiger partial charge in [0.15, 0.2) is 0 Å². The second-order valence-electron chi connectivity index (χ2n) is 4.95. The fourth-order valence-corrected chi connectivity index (χ4v) is 2.07. The Morgan fingerprint density at radius 1 is 1.04 bits per heavy atom. The van der Waals surface area contributed by atoms with E-state index >= 15 is 0 Å². The van der Waals surface area contributed by atoms with Gasteiger partial charge in [0.2, 0.25) is 11.8 Å². The van der Waals surface area contributed by atoms with E-state index < -0.39 is 4.92 Å². The molecule has 24 heavy (non-hydrogen) atoms. The average Bonchev–Trinajstić information content (AvgIpc) is 3.09. The van der Waals surface area contributed by atoms with Crippen LogP contribution in [-0.2, 0) is 0 Å². The van der Waals surface area contributed by atoms with E-state index in [4.69, 9.17) is 4.42 Å². The maximum atomic E-state index is 10.6. The normalized spacial score (nSPS) is 10.9. The number of hydrogen-bond acceptors (Lipinski definition) is 6. The number of benzene rings is 2. The van der Waals surface area contributed by atoms with Crippen molar-refractivity contribution in [3.8, 4) is 11.5 Å². The zero-order valence-corrected chi connectivity index (χ0v) is 12.8. The van der Waals surface area contributed by atoms with Crippen LogP contribution in [0.15, 0.2) is 52.9 Å². The maximum Gasteiger partial charge on any atom is 0.269 e. The third-order valence-corrected chi connectivity index (χ3v) is 3.38. The van der Waals surface area contributed by atoms with Crippen molar-refractivity contribution >= 4 is 23.5 Å². The largest absolute Gasteiger partial charge is 0.417 e. The molecule has 0 saturated carbocycles. The molecule has 7 heteroatoms. The van der Waals surface area contributed by atoms with Gasteiger partial charge < -0.3 is 9.73 Å². The molecule has 0 amide bonds. The number of rotatable bonds is 5. The van der Waals surface area contributed by atoms with Crippen LogP contribution in [0.25, 0.3) is 23.6 Å². The van der Waals surface area contributed by atoms with Crippen LogP contribution >= 0.6 is 0 Å². The Hall–Kier alpha value is -3.48. The zero-order valence-electron chi connectivity index (χ0n) is 12.8. The summed E-state index contributed by atoms with van der Waals surface area (Å²) in [7, 11) is 1.85. The number of hydrogen-bond donors (Lipinski definition) is 1. The van der Waals surface area contributed by atoms with Gasteiger partial charge in [0.05, 0.1) is 4.92 Å². The minimum absolute atomic E-state index is 0.0530. The first-order valence-electron chi connectivity index (χ1n) is 7.20. The van der Waals surface area contributed by atoms with Gasteiger partial charge in [-0.15, -0.1) is 10.2 Å². The highest BCUT2D eigenvalue weighted by Crippen LogP contribution is 2.21. The van der Waals surface area contributed by atoms with Crippen LogP contribution in [0.2, 0.25) is 0 Å². The van der Waals surface area contributed by atoms with Crippen molar-refractivity contribution in [2.45, 2.75) is 0 Å². The van der Waals surface area contributed by atoms with Gasteiger partial charge in [-0.3, -0.25) is 10.1 Å². The number of non-ortho nitro benzene ring substituents is 1. The van der Waals surface area contributed by atoms with Crippen molar-refractivity contribution in [1.82, 2.24) is 10.2 Å². The van der Waals surface area contributed by atoms with Crippen LogP contribution in [0.1, 0.15) is 11.5 Å². The van der Waals surface area contributed by atoms with E-state index in [1.807, 2.05) is 31.3 Å². The third kappa shape index (κ3) is 3.46. The van der Waals surface area contributed by atoms with Crippen molar-refractivity contribution < 1.29 is 9.34 Å². The van der Waals surface area contributed by atoms with Crippen molar-refractivity contribution in [3.05, 3.63) is 70.1 Å². The molecule has 0 aliphatic heterocycles. The molecular formula is C17H14N4O3. The van der Waals surface area contributed by atoms with Crippen LogP contribution in [0.3, 0.4) is 0 Å². The highest BCUT2D eigenvalue weighted by Gasteiger charge is 2.07. The van der Waals surface area contributed by atoms with Crippen LogP contribution in [0.5, 0.6) is 0 Å². The number of nitro groups is 1. The zero-order chi connectivity index (χ0) is 16.9. The lowest BCUT2D eigenvalue weighted by Crippen LogP contribution is -1.86. The molecule has 1 heterocycles. The smallest absolute Gasteiger partial charge is 0.269 e. The van der Waals surface area contributed by atoms with Gasteiger partial charge in [-0.25, -0.2) is 0 Å². The van der Waals surface area contributed by atoms with E-state index in [0.29, 0.717) is 11.8 Å². The minimum atomic E-state index is -0.433. The van der Waals surface area contributed by atoms with E-state index in [2.05, 4.69) is 15.5 Å². The molecule has 7 nitrogen and oxygen atoms in total. The van der Waals surface area contributed by atoms with Crippen LogP contribution in [0, 0.1) is 10.1 Å². The SMILES string of the molecule is CNc1ccc(-c2nnc(/C=C/c3ccc([N+](=O)[O-])cc3)o2)cc1. The summed E-state index contributed by atoms with van der Waals surface area (Å²) in [6.45, 7) is 0. The van der Waals surface area contributed by atoms with E-state index in [1.54, 1.807) is 24.3 Å². The summed E-state index contributed by atoms with van der Waals surface area (Å²) in [5, 5.41) is 21.6. The lowest BCUT2D eigenvalue weighted by Gasteiger charge is -1.99. The summed E-state index contributed by atoms with van der Waals surface area (Å²) in [6, 6.07) is 13.8. The van der Waals surface area contributed by atoms with E-state index in [0.717, 1.165) is 16.8 Å². The van der Waals surface area contributed by atoms with Crippen LogP contribution < -0.4 is 5.32 Å². The molecule has 0 bridgehead atoms. The Morgan fingerprint density at radius 2 is 1.75 bits per heavy atom. The summed E-state index contributed by atoms with van der Waals surface area (Å²) in [4.78, 5) is 10.2. The Balaban J connectivity index is 1.74. The highest BCUT2D eigenvalue weighted by atomic mass is 16.6. The van der Waals surface area contributed by atoms with E-state index in [9.17, 15) is 10.1 Å². The predicted molar refractivity (Wildman–Crippen MR) is 91.3 cm³/mol. The predicted octanol–water partition coefficient (Wildman–Crippen LogP) is 3.86. The van der Waals surface area contributed by atoms with Gasteiger partial charge in [0.25, 0.3) is 5.69 Å². The Kier molecular flexibility index (Phi) is 4.33. The molecule has 0 unspecified atom stereocenters. The lowest BCUT2D eigenvalue weighted by molar-refractivity contribution is -0.384. The minimum Gasteiger partial charge on any atom is -0.417 e. The topological polar surface area (TPSA) is 94.1 Å². The van der Waals surface area contributed by atoms with Gasteiger partial charge in [-0.1, -0.05) is 0 Å². The standard InChI is InChI=1S/C17H14N4O3/c1-18-14-7-5-13(6-8-14)17-20-19-16(24-17)11-4-12-2-9-15(10-3-12)21(22)23/h2-11,18H,1H3/b11-4+. The monoisotopic (exact) mass is 322 g/mol. The summed E-state index contributed by atoms with van der Waals surface area (Å²) in [5.74, 6) is 0.794. The first-order chi connectivity index (χ1) is 11.7. The molecule has 3 aromatic rings. The first kappa shape index (κ1) is 15.4. The first-order valence-corrected chi connectivity index (χ1v) is 7.20. The highest BCUT2D eigenvalue weighted by molar-refractivity contribution is 5.67. The fraction of sp³-hybridized carbons (Fsp3) is 0.0588. The molecule has 1 aromatic heterocycles. The summed E-state index contributed by atoms with van der Waals surface area (Å²) >= 11 is 0. The molecule has 0 atom stereocenters. The molecule has 120 valence electrons. The van der Waals surface area contributed by atoms with E-state index in [1.165, 1.54) is 12.1 Å². The van der Waals surface area contributed by atoms with Crippen LogP contribution in [-0.4, -0.2) is 22.2 Å². The molecular weight excluding hydrogens is 308 g/mol. The number of nitrogens with one attached hydrogen (secondary N) is 1. The summed E-state index contributed by atoms with van der Waals surface area (Å²) in [5.41, 5.74) is 2.68. The van der Waals surface area contributed by atoms with Crippen molar-refractivity contribution in [2.75, 3.05) is 12.4 Å². The van der Waals surface area contributed by atoms with Gasteiger partial charge >= 0.3 is 0 Å². The molecule has 0 radical (unpaired) electrons. The number of aromatic nitrogens is 2. The quantitative estimate of drug-likeness (QED) is 0.566. The Bertz CT molecular complexity index is 868. The summed E-state index contributed by atoms with van der Waals surface area (Å²) < 4.78 is 5.59. The van der Waals surface area contributed by atoms with Crippen molar-refractivity contribution in [2.24, 2.45) is 0 Å². The van der Waals surface area contributed by atoms with Crippen molar-refractivity contribution in [1.29, 1.82) is 0 Å². The average molecular weight is 322 g/mol. The van der Waals surface area contributed by atoms with E-state index in [-0.39, 0.29) is 5.69 Å². The molecule has 2 aromatic carbocycles. The Morgan fingerprint density at radius 3 is 2.38 bits per heavy atom. The van der Waals surface area contributed by atoms with Crippen molar-refractivity contribution in [3.63, 3.8) is 0 Å². The number of anilines is 1. The van der Waals surface area contributed by atoms with Gasteiger partial charge in [-0.05, 0) is 48.0 Å². The second-order valence-corrected chi connectivity index (χ2v) is 4.95. The fourth-order valence-electron chi connectivity index (χ4n) is 2.07.